The molecule has 3 aromatic rings. The molecule has 1 fully saturated rings. The van der Waals surface area contributed by atoms with Gasteiger partial charge in [-0.15, -0.1) is 0 Å². The van der Waals surface area contributed by atoms with Crippen molar-refractivity contribution in [3.05, 3.63) is 52.7 Å². The second-order valence-electron chi connectivity index (χ2n) is 7.33. The van der Waals surface area contributed by atoms with Crippen LogP contribution >= 0.6 is 0 Å². The van der Waals surface area contributed by atoms with Crippen molar-refractivity contribution in [3.8, 4) is 28.6 Å². The minimum atomic E-state index is -1.91. The highest BCUT2D eigenvalue weighted by Gasteiger charge is 2.48. The van der Waals surface area contributed by atoms with Crippen molar-refractivity contribution in [1.29, 1.82) is 0 Å². The number of carboxylic acid groups (broad SMARTS) is 1. The molecule has 5 N–H and O–H groups in total. The maximum absolute atomic E-state index is 12.7. The van der Waals surface area contributed by atoms with Gasteiger partial charge in [-0.05, 0) is 0 Å². The fraction of sp³-hybridized carbons (Fsp3) is 0.273. The summed E-state index contributed by atoms with van der Waals surface area (Å²) < 4.78 is 21.8. The Hall–Kier alpha value is -3.64. The summed E-state index contributed by atoms with van der Waals surface area (Å²) in [7, 11) is 1.24. The van der Waals surface area contributed by atoms with E-state index in [1.807, 2.05) is 0 Å². The molecule has 4 rings (SSSR count). The molecule has 0 spiro atoms. The Labute approximate surface area is 185 Å². The number of aliphatic hydroxyl groups excluding tert-OH is 3. The molecular formula is C22H20O11. The molecular weight excluding hydrogens is 440 g/mol. The van der Waals surface area contributed by atoms with Crippen LogP contribution in [0.15, 0.2) is 51.7 Å². The summed E-state index contributed by atoms with van der Waals surface area (Å²) in [6, 6.07) is 10.9. The summed E-state index contributed by atoms with van der Waals surface area (Å²) in [5.74, 6) is -2.36. The van der Waals surface area contributed by atoms with E-state index in [4.69, 9.17) is 18.6 Å². The van der Waals surface area contributed by atoms with E-state index in [0.717, 1.165) is 6.07 Å². The number of carboxylic acids is 1. The van der Waals surface area contributed by atoms with Crippen molar-refractivity contribution in [2.75, 3.05) is 7.11 Å². The van der Waals surface area contributed by atoms with Crippen molar-refractivity contribution in [1.82, 2.24) is 0 Å². The fourth-order valence-electron chi connectivity index (χ4n) is 3.57. The number of aliphatic carboxylic acids is 1. The molecule has 11 nitrogen and oxygen atoms in total. The highest BCUT2D eigenvalue weighted by Crippen LogP contribution is 2.42. The van der Waals surface area contributed by atoms with E-state index >= 15 is 0 Å². The molecule has 1 aliphatic heterocycles. The second-order valence-corrected chi connectivity index (χ2v) is 7.33. The van der Waals surface area contributed by atoms with E-state index in [-0.39, 0.29) is 28.2 Å². The second kappa shape index (κ2) is 8.71. The maximum Gasteiger partial charge on any atom is 0.335 e. The Morgan fingerprint density at radius 1 is 1.03 bits per heavy atom. The highest BCUT2D eigenvalue weighted by molar-refractivity contribution is 5.91. The van der Waals surface area contributed by atoms with Crippen LogP contribution < -0.4 is 14.9 Å². The van der Waals surface area contributed by atoms with Crippen LogP contribution in [-0.2, 0) is 9.53 Å². The Kier molecular flexibility index (Phi) is 5.95. The number of aliphatic hydroxyl groups is 3. The normalized spacial score (nSPS) is 25.0. The summed E-state index contributed by atoms with van der Waals surface area (Å²) in [6.07, 6.45) is -9.31. The van der Waals surface area contributed by atoms with Crippen LogP contribution in [0.5, 0.6) is 17.2 Å². The average molecular weight is 460 g/mol. The Morgan fingerprint density at radius 3 is 2.36 bits per heavy atom. The minimum absolute atomic E-state index is 0.152. The van der Waals surface area contributed by atoms with Crippen molar-refractivity contribution >= 4 is 16.9 Å². The zero-order valence-corrected chi connectivity index (χ0v) is 17.1. The van der Waals surface area contributed by atoms with E-state index < -0.39 is 47.9 Å². The van der Waals surface area contributed by atoms with E-state index in [0.29, 0.717) is 5.56 Å². The van der Waals surface area contributed by atoms with Gasteiger partial charge in [0.05, 0.1) is 7.11 Å². The van der Waals surface area contributed by atoms with Gasteiger partial charge in [0.2, 0.25) is 12.0 Å². The summed E-state index contributed by atoms with van der Waals surface area (Å²) in [5, 5.41) is 49.5. The molecule has 1 aliphatic rings. The summed E-state index contributed by atoms with van der Waals surface area (Å²) in [6.45, 7) is 0. The SMILES string of the molecule is COc1c(O[C@@H]2O[C@@H](C(=O)O)[C@@H](O)[C@@H](O)[C@@H]2O)cc(O)c2c(=O)cc(-c3ccccc3)oc12. The first-order valence-electron chi connectivity index (χ1n) is 9.75. The van der Waals surface area contributed by atoms with Gasteiger partial charge in [0.25, 0.3) is 0 Å². The van der Waals surface area contributed by atoms with Crippen LogP contribution in [-0.4, -0.2) is 69.3 Å². The van der Waals surface area contributed by atoms with Gasteiger partial charge in [-0.25, -0.2) is 4.79 Å². The van der Waals surface area contributed by atoms with Gasteiger partial charge in [0.15, 0.2) is 22.9 Å². The quantitative estimate of drug-likeness (QED) is 0.357. The minimum Gasteiger partial charge on any atom is -0.507 e. The lowest BCUT2D eigenvalue weighted by molar-refractivity contribution is -0.271. The van der Waals surface area contributed by atoms with E-state index in [1.165, 1.54) is 13.2 Å². The van der Waals surface area contributed by atoms with Crippen LogP contribution in [0.1, 0.15) is 0 Å². The molecule has 0 bridgehead atoms. The molecule has 174 valence electrons. The standard InChI is InChI=1S/C22H20O11/c1-30-18-13(32-22-17(27)15(25)16(26)20(33-22)21(28)29)8-11(24)14-10(23)7-12(31-19(14)18)9-5-3-2-4-6-9/h2-8,15-17,20,22,24-27H,1H3,(H,28,29)/t15-,16+,17+,20-,22-/m1/s1. The van der Waals surface area contributed by atoms with Gasteiger partial charge < -0.3 is 44.2 Å². The third kappa shape index (κ3) is 3.98. The number of hydrogen-bond donors (Lipinski definition) is 5. The summed E-state index contributed by atoms with van der Waals surface area (Å²) >= 11 is 0. The Bertz CT molecular complexity index is 1240. The van der Waals surface area contributed by atoms with Crippen LogP contribution in [0.2, 0.25) is 0 Å². The number of rotatable bonds is 5. The van der Waals surface area contributed by atoms with Gasteiger partial charge in [-0.3, -0.25) is 4.79 Å². The molecule has 0 unspecified atom stereocenters. The number of methoxy groups -OCH3 is 1. The highest BCUT2D eigenvalue weighted by atomic mass is 16.7. The van der Waals surface area contributed by atoms with Gasteiger partial charge in [-0.2, -0.15) is 0 Å². The first-order valence-corrected chi connectivity index (χ1v) is 9.75. The fourth-order valence-corrected chi connectivity index (χ4v) is 3.57. The van der Waals surface area contributed by atoms with Gasteiger partial charge in [0, 0.05) is 17.7 Å². The Morgan fingerprint density at radius 2 is 1.73 bits per heavy atom. The maximum atomic E-state index is 12.7. The third-order valence-corrected chi connectivity index (χ3v) is 5.22. The van der Waals surface area contributed by atoms with E-state index in [9.17, 15) is 35.1 Å². The molecule has 1 saturated heterocycles. The number of fused-ring (bicyclic) bond motifs is 1. The largest absolute Gasteiger partial charge is 0.507 e. The first-order chi connectivity index (χ1) is 15.7. The number of ether oxygens (including phenoxy) is 3. The number of hydrogen-bond acceptors (Lipinski definition) is 10. The van der Waals surface area contributed by atoms with Gasteiger partial charge >= 0.3 is 5.97 Å². The zero-order valence-electron chi connectivity index (χ0n) is 17.1. The predicted octanol–water partition coefficient (Wildman–Crippen LogP) is 0.445. The van der Waals surface area contributed by atoms with E-state index in [1.54, 1.807) is 30.3 Å². The monoisotopic (exact) mass is 460 g/mol. The van der Waals surface area contributed by atoms with Gasteiger partial charge in [0.1, 0.15) is 35.2 Å². The first kappa shape index (κ1) is 22.6. The lowest BCUT2D eigenvalue weighted by Gasteiger charge is -2.38. The molecule has 2 heterocycles. The lowest BCUT2D eigenvalue weighted by Crippen LogP contribution is -2.61. The molecule has 11 heteroatoms. The number of phenolic OH excluding ortho intramolecular Hbond substituents is 1. The smallest absolute Gasteiger partial charge is 0.335 e. The number of phenols is 1. The van der Waals surface area contributed by atoms with Crippen LogP contribution in [0, 0.1) is 0 Å². The molecule has 33 heavy (non-hydrogen) atoms. The molecule has 0 aliphatic carbocycles. The topological polar surface area (TPSA) is 176 Å². The number of benzene rings is 2. The molecule has 0 radical (unpaired) electrons. The van der Waals surface area contributed by atoms with Crippen LogP contribution in [0.4, 0.5) is 0 Å². The van der Waals surface area contributed by atoms with E-state index in [2.05, 4.69) is 0 Å². The molecule has 0 amide bonds. The van der Waals surface area contributed by atoms with Crippen molar-refractivity contribution in [2.45, 2.75) is 30.7 Å². The molecule has 2 aromatic carbocycles. The number of aromatic hydroxyl groups is 1. The third-order valence-electron chi connectivity index (χ3n) is 5.22. The predicted molar refractivity (Wildman–Crippen MR) is 111 cm³/mol. The zero-order chi connectivity index (χ0) is 23.9. The molecule has 5 atom stereocenters. The van der Waals surface area contributed by atoms with Crippen molar-refractivity contribution in [3.63, 3.8) is 0 Å². The molecule has 1 aromatic heterocycles. The van der Waals surface area contributed by atoms with Gasteiger partial charge in [-0.1, -0.05) is 30.3 Å². The van der Waals surface area contributed by atoms with Crippen molar-refractivity contribution in [2.24, 2.45) is 0 Å². The van der Waals surface area contributed by atoms with Crippen LogP contribution in [0.25, 0.3) is 22.3 Å². The van der Waals surface area contributed by atoms with Crippen LogP contribution in [0.3, 0.4) is 0 Å². The average Bonchev–Trinajstić information content (AvgIpc) is 2.79. The summed E-state index contributed by atoms with van der Waals surface area (Å²) in [4.78, 5) is 24.0. The van der Waals surface area contributed by atoms with Crippen molar-refractivity contribution < 1.29 is 49.0 Å². The summed E-state index contributed by atoms with van der Waals surface area (Å²) in [5.41, 5.74) is -0.146. The lowest BCUT2D eigenvalue weighted by atomic mass is 9.99. The molecule has 0 saturated carbocycles. The number of carbonyl (C=O) groups is 1. The Balaban J connectivity index is 1.81.